The molecule has 0 aliphatic carbocycles. The van der Waals surface area contributed by atoms with E-state index >= 15 is 0 Å². The van der Waals surface area contributed by atoms with Gasteiger partial charge in [0.2, 0.25) is 17.6 Å². The van der Waals surface area contributed by atoms with Crippen molar-refractivity contribution in [1.82, 2.24) is 10.1 Å². The van der Waals surface area contributed by atoms with Crippen LogP contribution in [-0.2, 0) is 27.2 Å². The number of aromatic nitrogens is 2. The lowest BCUT2D eigenvalue weighted by Crippen LogP contribution is -2.43. The fourth-order valence-corrected chi connectivity index (χ4v) is 3.60. The summed E-state index contributed by atoms with van der Waals surface area (Å²) in [5, 5.41) is 3.90. The molecule has 4 rings (SSSR count). The Morgan fingerprint density at radius 2 is 1.97 bits per heavy atom. The number of esters is 1. The highest BCUT2D eigenvalue weighted by atomic mass is 19.1. The van der Waals surface area contributed by atoms with E-state index in [2.05, 4.69) is 10.1 Å². The number of amides is 1. The maximum Gasteiger partial charge on any atom is 0.329 e. The van der Waals surface area contributed by atoms with Crippen molar-refractivity contribution in [3.63, 3.8) is 0 Å². The number of rotatable bonds is 6. The highest BCUT2D eigenvalue weighted by molar-refractivity contribution is 6.02. The van der Waals surface area contributed by atoms with Crippen LogP contribution in [0.15, 0.2) is 53.1 Å². The highest BCUT2D eigenvalue weighted by Crippen LogP contribution is 2.33. The second-order valence-corrected chi connectivity index (χ2v) is 7.01. The molecule has 1 unspecified atom stereocenters. The molecule has 1 atom stereocenters. The number of carbonyl (C=O) groups excluding carboxylic acids is 2. The molecule has 30 heavy (non-hydrogen) atoms. The molecule has 0 saturated carbocycles. The molecule has 3 aromatic rings. The molecule has 1 aromatic heterocycles. The smallest absolute Gasteiger partial charge is 0.329 e. The molecule has 1 aliphatic heterocycles. The summed E-state index contributed by atoms with van der Waals surface area (Å²) < 4.78 is 23.2. The fraction of sp³-hybridized carbons (Fsp3) is 0.273. The Kier molecular flexibility index (Phi) is 5.56. The van der Waals surface area contributed by atoms with Gasteiger partial charge in [0, 0.05) is 30.5 Å². The summed E-state index contributed by atoms with van der Waals surface area (Å²) in [6.07, 6.45) is 1.56. The van der Waals surface area contributed by atoms with Gasteiger partial charge in [-0.25, -0.2) is 9.18 Å². The summed E-state index contributed by atoms with van der Waals surface area (Å²) in [4.78, 5) is 30.9. The summed E-state index contributed by atoms with van der Waals surface area (Å²) in [7, 11) is 1.32. The molecule has 2 aromatic carbocycles. The Morgan fingerprint density at radius 1 is 1.20 bits per heavy atom. The van der Waals surface area contributed by atoms with Crippen LogP contribution in [-0.4, -0.2) is 35.2 Å². The van der Waals surface area contributed by atoms with Crippen LogP contribution < -0.4 is 4.90 Å². The van der Waals surface area contributed by atoms with Crippen LogP contribution in [0.5, 0.6) is 0 Å². The predicted molar refractivity (Wildman–Crippen MR) is 106 cm³/mol. The van der Waals surface area contributed by atoms with Gasteiger partial charge in [0.05, 0.1) is 7.11 Å². The van der Waals surface area contributed by atoms with Crippen LogP contribution in [0.4, 0.5) is 10.1 Å². The second kappa shape index (κ2) is 8.44. The molecular formula is C22H20FN3O4. The summed E-state index contributed by atoms with van der Waals surface area (Å²) in [6.45, 7) is 0. The van der Waals surface area contributed by atoms with E-state index in [0.717, 1.165) is 11.3 Å². The van der Waals surface area contributed by atoms with Crippen LogP contribution in [0.3, 0.4) is 0 Å². The van der Waals surface area contributed by atoms with E-state index in [4.69, 9.17) is 9.26 Å². The molecule has 0 N–H and O–H groups in total. The lowest BCUT2D eigenvalue weighted by Gasteiger charge is -2.23. The first-order valence-corrected chi connectivity index (χ1v) is 9.63. The zero-order chi connectivity index (χ0) is 21.1. The number of benzene rings is 2. The van der Waals surface area contributed by atoms with Crippen molar-refractivity contribution in [2.24, 2.45) is 0 Å². The lowest BCUT2D eigenvalue weighted by atomic mass is 10.1. The van der Waals surface area contributed by atoms with Crippen molar-refractivity contribution in [3.8, 4) is 11.4 Å². The molecule has 0 spiro atoms. The Labute approximate surface area is 172 Å². The van der Waals surface area contributed by atoms with Crippen LogP contribution >= 0.6 is 0 Å². The molecule has 154 valence electrons. The van der Waals surface area contributed by atoms with Gasteiger partial charge in [-0.05, 0) is 42.3 Å². The Hall–Kier alpha value is -3.55. The van der Waals surface area contributed by atoms with E-state index < -0.39 is 12.0 Å². The zero-order valence-corrected chi connectivity index (χ0v) is 16.4. The zero-order valence-electron chi connectivity index (χ0n) is 16.4. The van der Waals surface area contributed by atoms with Crippen molar-refractivity contribution < 1.29 is 23.2 Å². The molecule has 0 bridgehead atoms. The minimum atomic E-state index is -0.645. The number of halogens is 1. The number of carbonyl (C=O) groups is 2. The molecule has 0 fully saturated rings. The normalized spacial score (nSPS) is 15.1. The molecule has 8 heteroatoms. The first-order chi connectivity index (χ1) is 14.6. The minimum absolute atomic E-state index is 0.159. The van der Waals surface area contributed by atoms with Gasteiger partial charge in [0.1, 0.15) is 11.9 Å². The minimum Gasteiger partial charge on any atom is -0.467 e. The molecule has 2 heterocycles. The molecule has 1 amide bonds. The van der Waals surface area contributed by atoms with Crippen LogP contribution in [0.25, 0.3) is 11.4 Å². The number of methoxy groups -OCH3 is 1. The van der Waals surface area contributed by atoms with Gasteiger partial charge < -0.3 is 9.26 Å². The van der Waals surface area contributed by atoms with Crippen LogP contribution in [0.2, 0.25) is 0 Å². The molecule has 0 saturated heterocycles. The van der Waals surface area contributed by atoms with Gasteiger partial charge >= 0.3 is 5.97 Å². The van der Waals surface area contributed by atoms with E-state index in [1.165, 1.54) is 24.1 Å². The predicted octanol–water partition coefficient (Wildman–Crippen LogP) is 3.33. The monoisotopic (exact) mass is 409 g/mol. The SMILES string of the molecule is COC(=O)C1Cc2ccccc2N1C(=O)CCCc1nc(-c2ccc(F)cc2)no1. The van der Waals surface area contributed by atoms with Gasteiger partial charge in [0.25, 0.3) is 0 Å². The maximum atomic E-state index is 13.0. The van der Waals surface area contributed by atoms with Gasteiger partial charge in [-0.3, -0.25) is 9.69 Å². The van der Waals surface area contributed by atoms with Gasteiger partial charge in [-0.1, -0.05) is 23.4 Å². The summed E-state index contributed by atoms with van der Waals surface area (Å²) in [6, 6.07) is 12.6. The molecular weight excluding hydrogens is 389 g/mol. The van der Waals surface area contributed by atoms with Crippen molar-refractivity contribution in [2.75, 3.05) is 12.0 Å². The first kappa shape index (κ1) is 19.8. The highest BCUT2D eigenvalue weighted by Gasteiger charge is 2.38. The number of para-hydroxylation sites is 1. The first-order valence-electron chi connectivity index (χ1n) is 9.63. The fourth-order valence-electron chi connectivity index (χ4n) is 3.60. The average Bonchev–Trinajstić information content (AvgIpc) is 3.38. The van der Waals surface area contributed by atoms with E-state index in [1.807, 2.05) is 24.3 Å². The van der Waals surface area contributed by atoms with Crippen molar-refractivity contribution in [3.05, 3.63) is 65.8 Å². The standard InChI is InChI=1S/C22H20FN3O4/c1-29-22(28)18-13-15-5-2-3-6-17(15)26(18)20(27)8-4-7-19-24-21(25-30-19)14-9-11-16(23)12-10-14/h2-3,5-6,9-12,18H,4,7-8,13H2,1H3. The molecule has 7 nitrogen and oxygen atoms in total. The summed E-state index contributed by atoms with van der Waals surface area (Å²) in [5.74, 6) is -0.159. The average molecular weight is 409 g/mol. The number of ether oxygens (including phenoxy) is 1. The van der Waals surface area contributed by atoms with Crippen LogP contribution in [0, 0.1) is 5.82 Å². The summed E-state index contributed by atoms with van der Waals surface area (Å²) in [5.41, 5.74) is 2.34. The second-order valence-electron chi connectivity index (χ2n) is 7.01. The Morgan fingerprint density at radius 3 is 2.73 bits per heavy atom. The van der Waals surface area contributed by atoms with Crippen molar-refractivity contribution in [2.45, 2.75) is 31.7 Å². The van der Waals surface area contributed by atoms with E-state index in [-0.39, 0.29) is 18.1 Å². The molecule has 0 radical (unpaired) electrons. The Bertz CT molecular complexity index is 1060. The largest absolute Gasteiger partial charge is 0.467 e. The topological polar surface area (TPSA) is 85.5 Å². The van der Waals surface area contributed by atoms with Crippen molar-refractivity contribution in [1.29, 1.82) is 0 Å². The third-order valence-electron chi connectivity index (χ3n) is 5.07. The molecule has 1 aliphatic rings. The summed E-state index contributed by atoms with van der Waals surface area (Å²) >= 11 is 0. The third-order valence-corrected chi connectivity index (χ3v) is 5.07. The quantitative estimate of drug-likeness (QED) is 0.581. The van der Waals surface area contributed by atoms with Crippen molar-refractivity contribution >= 4 is 17.6 Å². The number of nitrogens with zero attached hydrogens (tertiary/aromatic N) is 3. The van der Waals surface area contributed by atoms with Crippen LogP contribution in [0.1, 0.15) is 24.3 Å². The van der Waals surface area contributed by atoms with Gasteiger partial charge in [-0.15, -0.1) is 0 Å². The number of anilines is 1. The number of aryl methyl sites for hydroxylation is 1. The van der Waals surface area contributed by atoms with E-state index in [0.29, 0.717) is 36.5 Å². The third kappa shape index (κ3) is 3.94. The number of hydrogen-bond acceptors (Lipinski definition) is 6. The lowest BCUT2D eigenvalue weighted by molar-refractivity contribution is -0.143. The number of fused-ring (bicyclic) bond motifs is 1. The number of hydrogen-bond donors (Lipinski definition) is 0. The maximum absolute atomic E-state index is 13.0. The van der Waals surface area contributed by atoms with Gasteiger partial charge in [-0.2, -0.15) is 4.98 Å². The van der Waals surface area contributed by atoms with E-state index in [1.54, 1.807) is 12.1 Å². The van der Waals surface area contributed by atoms with E-state index in [9.17, 15) is 14.0 Å². The Balaban J connectivity index is 1.39. The van der Waals surface area contributed by atoms with Gasteiger partial charge in [0.15, 0.2) is 0 Å².